The summed E-state index contributed by atoms with van der Waals surface area (Å²) >= 11 is 9.06. The predicted octanol–water partition coefficient (Wildman–Crippen LogP) is 5.97. The number of ether oxygens (including phenoxy) is 1. The zero-order valence-corrected chi connectivity index (χ0v) is 25.6. The minimum atomic E-state index is -0.637. The van der Waals surface area contributed by atoms with Crippen LogP contribution in [-0.2, 0) is 9.53 Å². The summed E-state index contributed by atoms with van der Waals surface area (Å²) < 4.78 is 9.92. The molecule has 40 heavy (non-hydrogen) atoms. The lowest BCUT2D eigenvalue weighted by atomic mass is 9.96. The first-order valence-corrected chi connectivity index (χ1v) is 15.3. The van der Waals surface area contributed by atoms with Crippen LogP contribution in [0.15, 0.2) is 80.5 Å². The lowest BCUT2D eigenvalue weighted by Crippen LogP contribution is -2.40. The highest BCUT2D eigenvalue weighted by molar-refractivity contribution is 7.98. The highest BCUT2D eigenvalue weighted by atomic mass is 35.5. The van der Waals surface area contributed by atoms with Crippen LogP contribution in [0.3, 0.4) is 0 Å². The smallest absolute Gasteiger partial charge is 0.338 e. The fraction of sp³-hybridized carbons (Fsp3) is 0.258. The SMILES string of the molecule is CSc1ccc([C@H]2C(C(=O)OC(C)C)=C(C)N=c3s/c(=C\c4cc(C)n(-c5ccc(Cl)cc5)c4C)c(=O)n32)cc1. The molecule has 0 spiro atoms. The molecule has 1 aliphatic rings. The van der Waals surface area contributed by atoms with Gasteiger partial charge in [0.2, 0.25) is 0 Å². The molecule has 9 heteroatoms. The first-order chi connectivity index (χ1) is 19.1. The van der Waals surface area contributed by atoms with Gasteiger partial charge in [0, 0.05) is 27.0 Å². The molecular weight excluding hydrogens is 562 g/mol. The average molecular weight is 592 g/mol. The molecule has 3 heterocycles. The van der Waals surface area contributed by atoms with E-state index in [0.29, 0.717) is 25.6 Å². The maximum absolute atomic E-state index is 14.0. The molecule has 206 valence electrons. The van der Waals surface area contributed by atoms with E-state index in [4.69, 9.17) is 21.3 Å². The van der Waals surface area contributed by atoms with E-state index in [2.05, 4.69) is 10.6 Å². The molecule has 0 N–H and O–H groups in total. The molecule has 0 bridgehead atoms. The quantitative estimate of drug-likeness (QED) is 0.205. The van der Waals surface area contributed by atoms with Gasteiger partial charge >= 0.3 is 5.97 Å². The standard InChI is InChI=1S/C31H30ClN3O3S2/c1-17(2)38-30(37)27-19(4)33-31-35(28(27)21-7-13-25(39-6)14-8-21)29(36)26(40-31)16-22-15-18(3)34(20(22)5)24-11-9-23(32)10-12-24/h7-17,28H,1-6H3/b26-16-/t28-/m0/s1. The molecule has 0 fully saturated rings. The number of halogens is 1. The largest absolute Gasteiger partial charge is 0.459 e. The van der Waals surface area contributed by atoms with Crippen molar-refractivity contribution >= 4 is 46.7 Å². The Hall–Kier alpha value is -3.33. The van der Waals surface area contributed by atoms with Crippen LogP contribution < -0.4 is 14.9 Å². The summed E-state index contributed by atoms with van der Waals surface area (Å²) in [5, 5.41) is 0.678. The van der Waals surface area contributed by atoms with E-state index in [1.807, 2.05) is 88.6 Å². The topological polar surface area (TPSA) is 65.6 Å². The van der Waals surface area contributed by atoms with Gasteiger partial charge in [-0.1, -0.05) is 35.1 Å². The van der Waals surface area contributed by atoms with E-state index in [1.54, 1.807) is 23.3 Å². The Morgan fingerprint density at radius 1 is 1.10 bits per heavy atom. The van der Waals surface area contributed by atoms with Gasteiger partial charge in [-0.2, -0.15) is 0 Å². The Bertz CT molecular complexity index is 1810. The van der Waals surface area contributed by atoms with Crippen LogP contribution in [0.4, 0.5) is 0 Å². The van der Waals surface area contributed by atoms with Gasteiger partial charge in [-0.05, 0) is 101 Å². The third-order valence-corrected chi connectivity index (χ3v) is 8.84. The minimum absolute atomic E-state index is 0.193. The maximum atomic E-state index is 14.0. The van der Waals surface area contributed by atoms with Crippen LogP contribution in [0.5, 0.6) is 0 Å². The zero-order valence-electron chi connectivity index (χ0n) is 23.2. The number of allylic oxidation sites excluding steroid dienone is 1. The van der Waals surface area contributed by atoms with Gasteiger partial charge in [-0.25, -0.2) is 9.79 Å². The lowest BCUT2D eigenvalue weighted by molar-refractivity contribution is -0.143. The van der Waals surface area contributed by atoms with E-state index in [-0.39, 0.29) is 11.7 Å². The molecular formula is C31H30ClN3O3S2. The number of carbonyl (C=O) groups is 1. The number of aromatic nitrogens is 2. The highest BCUT2D eigenvalue weighted by Gasteiger charge is 2.33. The van der Waals surface area contributed by atoms with Crippen molar-refractivity contribution in [2.75, 3.05) is 6.26 Å². The molecule has 0 unspecified atom stereocenters. The molecule has 5 rings (SSSR count). The number of fused-ring (bicyclic) bond motifs is 1. The number of hydrogen-bond donors (Lipinski definition) is 0. The fourth-order valence-electron chi connectivity index (χ4n) is 5.02. The van der Waals surface area contributed by atoms with Crippen molar-refractivity contribution in [2.45, 2.75) is 51.7 Å². The van der Waals surface area contributed by atoms with Crippen molar-refractivity contribution in [1.82, 2.24) is 9.13 Å². The van der Waals surface area contributed by atoms with Crippen molar-refractivity contribution in [3.05, 3.63) is 113 Å². The number of aryl methyl sites for hydroxylation is 1. The average Bonchev–Trinajstić information content (AvgIpc) is 3.37. The number of benzene rings is 2. The summed E-state index contributed by atoms with van der Waals surface area (Å²) in [5.41, 5.74) is 5.56. The number of nitrogens with zero attached hydrogens (tertiary/aromatic N) is 3. The summed E-state index contributed by atoms with van der Waals surface area (Å²) in [4.78, 5) is 33.7. The van der Waals surface area contributed by atoms with Crippen LogP contribution in [0, 0.1) is 13.8 Å². The second kappa shape index (κ2) is 11.3. The van der Waals surface area contributed by atoms with Crippen LogP contribution in [0.2, 0.25) is 5.02 Å². The van der Waals surface area contributed by atoms with Crippen LogP contribution in [0.25, 0.3) is 11.8 Å². The Balaban J connectivity index is 1.67. The molecule has 1 atom stereocenters. The molecule has 0 aliphatic carbocycles. The van der Waals surface area contributed by atoms with Crippen LogP contribution in [-0.4, -0.2) is 27.5 Å². The molecule has 2 aromatic heterocycles. The van der Waals surface area contributed by atoms with Crippen molar-refractivity contribution < 1.29 is 9.53 Å². The number of hydrogen-bond acceptors (Lipinski definition) is 6. The monoisotopic (exact) mass is 591 g/mol. The molecule has 2 aromatic carbocycles. The second-order valence-corrected chi connectivity index (χ2v) is 12.3. The van der Waals surface area contributed by atoms with Crippen molar-refractivity contribution in [3.8, 4) is 5.69 Å². The number of thiazole rings is 1. The van der Waals surface area contributed by atoms with Crippen molar-refractivity contribution in [3.63, 3.8) is 0 Å². The summed E-state index contributed by atoms with van der Waals surface area (Å²) in [6.07, 6.45) is 3.63. The Morgan fingerprint density at radius 2 is 1.77 bits per heavy atom. The Kier molecular flexibility index (Phi) is 7.95. The van der Waals surface area contributed by atoms with Gasteiger partial charge in [0.25, 0.3) is 5.56 Å². The lowest BCUT2D eigenvalue weighted by Gasteiger charge is -2.25. The zero-order chi connectivity index (χ0) is 28.7. The molecule has 0 radical (unpaired) electrons. The molecule has 1 aliphatic heterocycles. The number of rotatable bonds is 6. The van der Waals surface area contributed by atoms with E-state index in [9.17, 15) is 9.59 Å². The fourth-order valence-corrected chi connectivity index (χ4v) is 6.60. The van der Waals surface area contributed by atoms with Gasteiger partial charge < -0.3 is 9.30 Å². The number of esters is 1. The Morgan fingerprint density at radius 3 is 2.40 bits per heavy atom. The second-order valence-electron chi connectivity index (χ2n) is 9.95. The van der Waals surface area contributed by atoms with Gasteiger partial charge in [0.1, 0.15) is 0 Å². The summed E-state index contributed by atoms with van der Waals surface area (Å²) in [7, 11) is 0. The summed E-state index contributed by atoms with van der Waals surface area (Å²) in [6, 6.07) is 17.0. The highest BCUT2D eigenvalue weighted by Crippen LogP contribution is 2.32. The minimum Gasteiger partial charge on any atom is -0.459 e. The third-order valence-electron chi connectivity index (χ3n) is 6.86. The van der Waals surface area contributed by atoms with E-state index < -0.39 is 12.0 Å². The van der Waals surface area contributed by atoms with Crippen LogP contribution >= 0.6 is 34.7 Å². The normalized spacial score (nSPS) is 15.4. The molecule has 6 nitrogen and oxygen atoms in total. The Labute approximate surface area is 246 Å². The first-order valence-electron chi connectivity index (χ1n) is 12.9. The predicted molar refractivity (Wildman–Crippen MR) is 163 cm³/mol. The van der Waals surface area contributed by atoms with Crippen molar-refractivity contribution in [2.24, 2.45) is 4.99 Å². The van der Waals surface area contributed by atoms with Gasteiger partial charge in [0.15, 0.2) is 4.80 Å². The van der Waals surface area contributed by atoms with Gasteiger partial charge in [0.05, 0.1) is 27.9 Å². The summed E-state index contributed by atoms with van der Waals surface area (Å²) in [5.74, 6) is -0.462. The molecule has 0 saturated carbocycles. The summed E-state index contributed by atoms with van der Waals surface area (Å²) in [6.45, 7) is 9.49. The van der Waals surface area contributed by atoms with E-state index in [0.717, 1.165) is 33.1 Å². The van der Waals surface area contributed by atoms with E-state index in [1.165, 1.54) is 11.3 Å². The van der Waals surface area contributed by atoms with E-state index >= 15 is 0 Å². The molecule has 4 aromatic rings. The molecule has 0 amide bonds. The molecule has 0 saturated heterocycles. The number of carbonyl (C=O) groups excluding carboxylic acids is 1. The third kappa shape index (κ3) is 5.23. The maximum Gasteiger partial charge on any atom is 0.338 e. The van der Waals surface area contributed by atoms with Gasteiger partial charge in [-0.15, -0.1) is 11.8 Å². The van der Waals surface area contributed by atoms with Crippen LogP contribution in [0.1, 0.15) is 49.3 Å². The first kappa shape index (κ1) is 28.2. The van der Waals surface area contributed by atoms with Gasteiger partial charge in [-0.3, -0.25) is 9.36 Å². The number of thioether (sulfide) groups is 1. The van der Waals surface area contributed by atoms with Crippen molar-refractivity contribution in [1.29, 1.82) is 0 Å².